The fraction of sp³-hybridized carbons (Fsp3) is 0.400. The number of methoxy groups -OCH3 is 2. The van der Waals surface area contributed by atoms with E-state index in [4.69, 9.17) is 14.5 Å². The van der Waals surface area contributed by atoms with Crippen LogP contribution in [0.1, 0.15) is 42.1 Å². The van der Waals surface area contributed by atoms with Crippen molar-refractivity contribution in [2.45, 2.75) is 26.7 Å². The number of nitrogens with zero attached hydrogens (tertiary/aromatic N) is 1. The van der Waals surface area contributed by atoms with Crippen LogP contribution in [0, 0.1) is 12.8 Å². The highest BCUT2D eigenvalue weighted by Crippen LogP contribution is 2.33. The number of H-pyrrole nitrogens is 1. The lowest BCUT2D eigenvalue weighted by Crippen LogP contribution is -2.19. The quantitative estimate of drug-likeness (QED) is 0.932. The van der Waals surface area contributed by atoms with Crippen molar-refractivity contribution < 1.29 is 9.47 Å². The first-order chi connectivity index (χ1) is 11.9. The molecule has 0 radical (unpaired) electrons. The van der Waals surface area contributed by atoms with Crippen molar-refractivity contribution >= 4 is 5.71 Å². The zero-order valence-corrected chi connectivity index (χ0v) is 15.3. The summed E-state index contributed by atoms with van der Waals surface area (Å²) < 4.78 is 10.8. The highest BCUT2D eigenvalue weighted by molar-refractivity contribution is 6.15. The zero-order chi connectivity index (χ0) is 18.1. The number of rotatable bonds is 3. The molecule has 2 unspecified atom stereocenters. The van der Waals surface area contributed by atoms with Crippen LogP contribution in [-0.4, -0.2) is 31.5 Å². The summed E-state index contributed by atoms with van der Waals surface area (Å²) in [5, 5.41) is 0. The van der Waals surface area contributed by atoms with E-state index >= 15 is 0 Å². The molecule has 0 fully saturated rings. The molecule has 1 N–H and O–H groups in total. The Morgan fingerprint density at radius 3 is 2.32 bits per heavy atom. The van der Waals surface area contributed by atoms with Crippen molar-refractivity contribution in [1.82, 2.24) is 4.98 Å². The van der Waals surface area contributed by atoms with Crippen LogP contribution in [0.5, 0.6) is 11.5 Å². The summed E-state index contributed by atoms with van der Waals surface area (Å²) in [5.41, 5.74) is 4.62. The molecule has 0 spiro atoms. The Bertz CT molecular complexity index is 861. The van der Waals surface area contributed by atoms with Crippen molar-refractivity contribution in [3.63, 3.8) is 0 Å². The third kappa shape index (κ3) is 3.18. The number of hydrogen-bond donors (Lipinski definition) is 1. The highest BCUT2D eigenvalue weighted by atomic mass is 16.5. The molecule has 1 aromatic carbocycles. The number of aromatic amines is 1. The second-order valence-electron chi connectivity index (χ2n) is 6.66. The molecule has 25 heavy (non-hydrogen) atoms. The normalized spacial score (nSPS) is 19.6. The average Bonchev–Trinajstić information content (AvgIpc) is 2.72. The lowest BCUT2D eigenvalue weighted by Gasteiger charge is -2.19. The zero-order valence-electron chi connectivity index (χ0n) is 15.3. The average molecular weight is 340 g/mol. The lowest BCUT2D eigenvalue weighted by molar-refractivity contribution is 0.394. The van der Waals surface area contributed by atoms with Gasteiger partial charge in [-0.25, -0.2) is 0 Å². The van der Waals surface area contributed by atoms with E-state index in [0.29, 0.717) is 24.0 Å². The van der Waals surface area contributed by atoms with Crippen LogP contribution in [0.3, 0.4) is 0 Å². The number of benzene rings is 1. The van der Waals surface area contributed by atoms with Gasteiger partial charge in [0.15, 0.2) is 0 Å². The molecular formula is C20H24N2O3. The molecule has 1 aliphatic heterocycles. The predicted molar refractivity (Wildman–Crippen MR) is 99.4 cm³/mol. The largest absolute Gasteiger partial charge is 0.497 e. The Labute approximate surface area is 147 Å². The summed E-state index contributed by atoms with van der Waals surface area (Å²) in [6, 6.07) is 7.38. The molecule has 0 saturated heterocycles. The smallest absolute Gasteiger partial charge is 0.248 e. The van der Waals surface area contributed by atoms with Gasteiger partial charge in [-0.05, 0) is 30.5 Å². The SMILES string of the molecule is COc1cc(OC)cc(C2=NCC(C)C(C)c3[nH]c(=O)cc(C)c32)c1. The van der Waals surface area contributed by atoms with Crippen LogP contribution in [0.15, 0.2) is 34.1 Å². The number of aromatic nitrogens is 1. The molecule has 2 atom stereocenters. The minimum absolute atomic E-state index is 0.0697. The van der Waals surface area contributed by atoms with Gasteiger partial charge in [-0.1, -0.05) is 13.8 Å². The minimum atomic E-state index is -0.0697. The molecule has 0 bridgehead atoms. The van der Waals surface area contributed by atoms with E-state index in [1.54, 1.807) is 20.3 Å². The number of aryl methyl sites for hydroxylation is 1. The molecule has 1 aliphatic rings. The monoisotopic (exact) mass is 340 g/mol. The van der Waals surface area contributed by atoms with Crippen molar-refractivity contribution in [2.75, 3.05) is 20.8 Å². The molecule has 0 aliphatic carbocycles. The van der Waals surface area contributed by atoms with E-state index in [2.05, 4.69) is 18.8 Å². The third-order valence-corrected chi connectivity index (χ3v) is 4.98. The predicted octanol–water partition coefficient (Wildman–Crippen LogP) is 3.29. The highest BCUT2D eigenvalue weighted by Gasteiger charge is 2.27. The number of fused-ring (bicyclic) bond motifs is 1. The van der Waals surface area contributed by atoms with Gasteiger partial charge >= 0.3 is 0 Å². The summed E-state index contributed by atoms with van der Waals surface area (Å²) in [4.78, 5) is 20.0. The molecule has 132 valence electrons. The van der Waals surface area contributed by atoms with Gasteiger partial charge in [0.1, 0.15) is 11.5 Å². The molecule has 2 aromatic rings. The summed E-state index contributed by atoms with van der Waals surface area (Å²) in [5.74, 6) is 1.98. The maximum absolute atomic E-state index is 12.0. The molecule has 5 nitrogen and oxygen atoms in total. The Morgan fingerprint density at radius 2 is 1.72 bits per heavy atom. The van der Waals surface area contributed by atoms with Crippen molar-refractivity contribution in [3.8, 4) is 11.5 Å². The number of aliphatic imine (C=N–C) groups is 1. The topological polar surface area (TPSA) is 63.7 Å². The number of nitrogens with one attached hydrogen (secondary N) is 1. The van der Waals surface area contributed by atoms with Crippen LogP contribution in [0.4, 0.5) is 0 Å². The molecule has 0 saturated carbocycles. The van der Waals surface area contributed by atoms with Crippen LogP contribution >= 0.6 is 0 Å². The van der Waals surface area contributed by atoms with Crippen molar-refractivity contribution in [2.24, 2.45) is 10.9 Å². The number of ether oxygens (including phenoxy) is 2. The van der Waals surface area contributed by atoms with Gasteiger partial charge in [-0.2, -0.15) is 0 Å². The van der Waals surface area contributed by atoms with E-state index in [1.165, 1.54) is 0 Å². The minimum Gasteiger partial charge on any atom is -0.497 e. The van der Waals surface area contributed by atoms with Gasteiger partial charge in [0.05, 0.1) is 19.9 Å². The first kappa shape index (κ1) is 17.3. The first-order valence-electron chi connectivity index (χ1n) is 8.46. The molecule has 0 amide bonds. The Kier molecular flexibility index (Phi) is 4.66. The van der Waals surface area contributed by atoms with E-state index in [9.17, 15) is 4.79 Å². The number of pyridine rings is 1. The summed E-state index contributed by atoms with van der Waals surface area (Å²) in [6.07, 6.45) is 0. The van der Waals surface area contributed by atoms with Gasteiger partial charge in [-0.3, -0.25) is 9.79 Å². The van der Waals surface area contributed by atoms with E-state index in [1.807, 2.05) is 25.1 Å². The summed E-state index contributed by atoms with van der Waals surface area (Å²) >= 11 is 0. The Balaban J connectivity index is 2.27. The molecule has 1 aromatic heterocycles. The molecule has 5 heteroatoms. The molecule has 3 rings (SSSR count). The fourth-order valence-corrected chi connectivity index (χ4v) is 3.31. The molecular weight excluding hydrogens is 316 g/mol. The second-order valence-corrected chi connectivity index (χ2v) is 6.66. The van der Waals surface area contributed by atoms with Crippen LogP contribution in [-0.2, 0) is 0 Å². The first-order valence-corrected chi connectivity index (χ1v) is 8.46. The number of hydrogen-bond acceptors (Lipinski definition) is 4. The third-order valence-electron chi connectivity index (χ3n) is 4.98. The summed E-state index contributed by atoms with van der Waals surface area (Å²) in [6.45, 7) is 6.97. The van der Waals surface area contributed by atoms with E-state index in [-0.39, 0.29) is 11.5 Å². The van der Waals surface area contributed by atoms with Gasteiger partial charge in [-0.15, -0.1) is 0 Å². The fourth-order valence-electron chi connectivity index (χ4n) is 3.31. The van der Waals surface area contributed by atoms with Crippen molar-refractivity contribution in [1.29, 1.82) is 0 Å². The maximum Gasteiger partial charge on any atom is 0.248 e. The van der Waals surface area contributed by atoms with Gasteiger partial charge in [0, 0.05) is 41.4 Å². The summed E-state index contributed by atoms with van der Waals surface area (Å²) in [7, 11) is 3.27. The Morgan fingerprint density at radius 1 is 1.08 bits per heavy atom. The second kappa shape index (κ2) is 6.75. The lowest BCUT2D eigenvalue weighted by atomic mass is 9.87. The van der Waals surface area contributed by atoms with E-state index in [0.717, 1.165) is 28.1 Å². The van der Waals surface area contributed by atoms with Gasteiger partial charge in [0.25, 0.3) is 0 Å². The standard InChI is InChI=1S/C20H24N2O3/c1-11-6-17(23)22-19-13(3)12(2)10-21-20(18(11)19)14-7-15(24-4)9-16(8-14)25-5/h6-9,12-13H,10H2,1-5H3,(H,22,23). The molecule has 2 heterocycles. The van der Waals surface area contributed by atoms with Crippen LogP contribution < -0.4 is 15.0 Å². The van der Waals surface area contributed by atoms with Crippen LogP contribution in [0.2, 0.25) is 0 Å². The van der Waals surface area contributed by atoms with Crippen molar-refractivity contribution in [3.05, 3.63) is 57.0 Å². The van der Waals surface area contributed by atoms with Crippen LogP contribution in [0.25, 0.3) is 0 Å². The Hall–Kier alpha value is -2.56. The van der Waals surface area contributed by atoms with E-state index < -0.39 is 0 Å². The van der Waals surface area contributed by atoms with Gasteiger partial charge in [0.2, 0.25) is 5.56 Å². The van der Waals surface area contributed by atoms with Gasteiger partial charge < -0.3 is 14.5 Å². The maximum atomic E-state index is 12.0.